The van der Waals surface area contributed by atoms with Gasteiger partial charge in [-0.25, -0.2) is 4.39 Å². The number of amides is 2. The SMILES string of the molecule is Cc1cc(/C=N\N2C(=O)[C@@H]3[C@H](C2=O)[C@H]2C=C[C@H]3CC2)c(C)n1-c1ccc(F)cc1. The van der Waals surface area contributed by atoms with Gasteiger partial charge in [0.15, 0.2) is 0 Å². The fourth-order valence-corrected chi connectivity index (χ4v) is 5.20. The fraction of sp³-hybridized carbons (Fsp3) is 0.348. The van der Waals surface area contributed by atoms with Crippen LogP contribution in [0.15, 0.2) is 47.6 Å². The van der Waals surface area contributed by atoms with Gasteiger partial charge in [0.05, 0.1) is 18.1 Å². The number of halogens is 1. The summed E-state index contributed by atoms with van der Waals surface area (Å²) in [7, 11) is 0. The lowest BCUT2D eigenvalue weighted by Crippen LogP contribution is -2.38. The molecule has 4 aliphatic rings. The van der Waals surface area contributed by atoms with Crippen molar-refractivity contribution in [2.45, 2.75) is 26.7 Å². The summed E-state index contributed by atoms with van der Waals surface area (Å²) in [5.74, 6) is -0.834. The second-order valence-electron chi connectivity index (χ2n) is 8.21. The molecule has 0 N–H and O–H groups in total. The fourth-order valence-electron chi connectivity index (χ4n) is 5.20. The third-order valence-electron chi connectivity index (χ3n) is 6.60. The van der Waals surface area contributed by atoms with Gasteiger partial charge in [0.1, 0.15) is 5.82 Å². The molecule has 0 spiro atoms. The van der Waals surface area contributed by atoms with Crippen LogP contribution in [-0.2, 0) is 9.59 Å². The molecule has 4 atom stereocenters. The van der Waals surface area contributed by atoms with E-state index in [4.69, 9.17) is 0 Å². The lowest BCUT2D eigenvalue weighted by Gasteiger charge is -2.37. The molecular formula is C23H22FN3O2. The Bertz CT molecular complexity index is 1030. The Morgan fingerprint density at radius 2 is 1.59 bits per heavy atom. The van der Waals surface area contributed by atoms with Gasteiger partial charge in [-0.2, -0.15) is 10.1 Å². The topological polar surface area (TPSA) is 54.7 Å². The largest absolute Gasteiger partial charge is 0.318 e. The molecule has 0 unspecified atom stereocenters. The van der Waals surface area contributed by atoms with Gasteiger partial charge in [0, 0.05) is 22.6 Å². The van der Waals surface area contributed by atoms with Gasteiger partial charge in [-0.1, -0.05) is 12.2 Å². The number of carbonyl (C=O) groups excluding carboxylic acids is 2. The molecule has 6 heteroatoms. The van der Waals surface area contributed by atoms with E-state index in [0.717, 1.165) is 40.5 Å². The predicted molar refractivity (Wildman–Crippen MR) is 107 cm³/mol. The Balaban J connectivity index is 1.44. The molecule has 2 bridgehead atoms. The minimum absolute atomic E-state index is 0.158. The summed E-state index contributed by atoms with van der Waals surface area (Å²) in [5.41, 5.74) is 3.55. The number of benzene rings is 1. The van der Waals surface area contributed by atoms with E-state index >= 15 is 0 Å². The third-order valence-corrected chi connectivity index (χ3v) is 6.60. The van der Waals surface area contributed by atoms with Crippen LogP contribution < -0.4 is 0 Å². The van der Waals surface area contributed by atoms with Crippen LogP contribution in [0.25, 0.3) is 5.69 Å². The van der Waals surface area contributed by atoms with Crippen LogP contribution in [0.5, 0.6) is 0 Å². The van der Waals surface area contributed by atoms with Crippen LogP contribution in [-0.4, -0.2) is 27.6 Å². The standard InChI is InChI=1S/C23H22FN3O2/c1-13-11-17(14(2)26(13)19-9-7-18(24)8-10-19)12-25-27-22(28)20-15-3-4-16(6-5-15)21(20)23(27)29/h3-4,7-12,15-16,20-21H,5-6H2,1-2H3/b25-12-/t15-,16-,20-,21+/m0/s1. The van der Waals surface area contributed by atoms with Crippen molar-refractivity contribution in [2.24, 2.45) is 28.8 Å². The lowest BCUT2D eigenvalue weighted by atomic mass is 9.63. The summed E-state index contributed by atoms with van der Waals surface area (Å²) in [6.07, 6.45) is 7.73. The predicted octanol–water partition coefficient (Wildman–Crippen LogP) is 3.76. The zero-order valence-corrected chi connectivity index (χ0v) is 16.4. The first-order valence-electron chi connectivity index (χ1n) is 10.0. The highest BCUT2D eigenvalue weighted by molar-refractivity contribution is 6.06. The minimum Gasteiger partial charge on any atom is -0.318 e. The monoisotopic (exact) mass is 391 g/mol. The molecule has 1 aliphatic heterocycles. The molecule has 3 aliphatic carbocycles. The van der Waals surface area contributed by atoms with E-state index in [1.54, 1.807) is 18.3 Å². The van der Waals surface area contributed by atoms with E-state index in [1.807, 2.05) is 24.5 Å². The number of carbonyl (C=O) groups is 2. The van der Waals surface area contributed by atoms with Crippen molar-refractivity contribution in [1.82, 2.24) is 9.58 Å². The van der Waals surface area contributed by atoms with Gasteiger partial charge >= 0.3 is 0 Å². The van der Waals surface area contributed by atoms with Crippen molar-refractivity contribution in [3.63, 3.8) is 0 Å². The lowest BCUT2D eigenvalue weighted by molar-refractivity contribution is -0.140. The highest BCUT2D eigenvalue weighted by Gasteiger charge is 2.56. The van der Waals surface area contributed by atoms with Crippen molar-refractivity contribution in [3.05, 3.63) is 65.3 Å². The molecule has 2 fully saturated rings. The van der Waals surface area contributed by atoms with E-state index in [2.05, 4.69) is 17.3 Å². The number of hydrogen-bond acceptors (Lipinski definition) is 3. The first-order chi connectivity index (χ1) is 14.0. The molecule has 29 heavy (non-hydrogen) atoms. The summed E-state index contributed by atoms with van der Waals surface area (Å²) in [6, 6.07) is 8.24. The highest BCUT2D eigenvalue weighted by atomic mass is 19.1. The van der Waals surface area contributed by atoms with Crippen molar-refractivity contribution < 1.29 is 14.0 Å². The number of imide groups is 1. The summed E-state index contributed by atoms with van der Waals surface area (Å²) in [4.78, 5) is 25.8. The molecule has 1 aromatic carbocycles. The summed E-state index contributed by atoms with van der Waals surface area (Å²) in [5, 5.41) is 5.39. The second kappa shape index (κ2) is 6.51. The van der Waals surface area contributed by atoms with E-state index in [-0.39, 0.29) is 41.3 Å². The Morgan fingerprint density at radius 1 is 1.00 bits per heavy atom. The van der Waals surface area contributed by atoms with Crippen LogP contribution in [0, 0.1) is 43.3 Å². The van der Waals surface area contributed by atoms with Crippen molar-refractivity contribution in [2.75, 3.05) is 0 Å². The smallest absolute Gasteiger partial charge is 0.254 e. The van der Waals surface area contributed by atoms with E-state index in [1.165, 1.54) is 12.1 Å². The molecular weight excluding hydrogens is 369 g/mol. The maximum atomic E-state index is 13.3. The average Bonchev–Trinajstić information content (AvgIpc) is 3.16. The van der Waals surface area contributed by atoms with Crippen LogP contribution in [0.2, 0.25) is 0 Å². The van der Waals surface area contributed by atoms with Gasteiger partial charge in [0.2, 0.25) is 0 Å². The molecule has 5 nitrogen and oxygen atoms in total. The number of hydrazone groups is 1. The van der Waals surface area contributed by atoms with Gasteiger partial charge in [-0.15, -0.1) is 0 Å². The maximum absolute atomic E-state index is 13.3. The van der Waals surface area contributed by atoms with Crippen molar-refractivity contribution in [3.8, 4) is 5.69 Å². The molecule has 2 aromatic rings. The first-order valence-corrected chi connectivity index (χ1v) is 10.0. The molecule has 1 aromatic heterocycles. The normalized spacial score (nSPS) is 28.0. The van der Waals surface area contributed by atoms with Gasteiger partial charge in [-0.05, 0) is 68.9 Å². The molecule has 2 heterocycles. The minimum atomic E-state index is -0.283. The quantitative estimate of drug-likeness (QED) is 0.454. The summed E-state index contributed by atoms with van der Waals surface area (Å²) >= 11 is 0. The van der Waals surface area contributed by atoms with Gasteiger partial charge in [0.25, 0.3) is 11.8 Å². The Morgan fingerprint density at radius 3 is 2.14 bits per heavy atom. The number of aryl methyl sites for hydroxylation is 1. The Kier molecular flexibility index (Phi) is 4.05. The third kappa shape index (κ3) is 2.69. The van der Waals surface area contributed by atoms with Gasteiger partial charge < -0.3 is 4.57 Å². The Labute approximate surface area is 168 Å². The zero-order chi connectivity index (χ0) is 20.3. The maximum Gasteiger partial charge on any atom is 0.254 e. The molecule has 148 valence electrons. The van der Waals surface area contributed by atoms with Crippen molar-refractivity contribution in [1.29, 1.82) is 0 Å². The number of allylic oxidation sites excluding steroid dienone is 2. The summed E-state index contributed by atoms with van der Waals surface area (Å²) < 4.78 is 15.3. The van der Waals surface area contributed by atoms with Gasteiger partial charge in [-0.3, -0.25) is 9.59 Å². The van der Waals surface area contributed by atoms with Crippen molar-refractivity contribution >= 4 is 18.0 Å². The first kappa shape index (κ1) is 18.0. The number of aromatic nitrogens is 1. The molecule has 2 amide bonds. The second-order valence-corrected chi connectivity index (χ2v) is 8.21. The van der Waals surface area contributed by atoms with Crippen LogP contribution in [0.1, 0.15) is 29.8 Å². The molecule has 6 rings (SSSR count). The molecule has 1 saturated heterocycles. The number of fused-ring (bicyclic) bond motifs is 1. The number of nitrogens with zero attached hydrogens (tertiary/aromatic N) is 3. The van der Waals surface area contributed by atoms with Crippen LogP contribution in [0.4, 0.5) is 4.39 Å². The van der Waals surface area contributed by atoms with E-state index < -0.39 is 0 Å². The van der Waals surface area contributed by atoms with E-state index in [9.17, 15) is 14.0 Å². The summed E-state index contributed by atoms with van der Waals surface area (Å²) in [6.45, 7) is 3.90. The van der Waals surface area contributed by atoms with Crippen LogP contribution in [0.3, 0.4) is 0 Å². The van der Waals surface area contributed by atoms with Crippen LogP contribution >= 0.6 is 0 Å². The molecule has 1 saturated carbocycles. The molecule has 0 radical (unpaired) electrons. The average molecular weight is 391 g/mol. The Hall–Kier alpha value is -3.02. The number of hydrogen-bond donors (Lipinski definition) is 0. The highest BCUT2D eigenvalue weighted by Crippen LogP contribution is 2.49. The number of rotatable bonds is 3. The zero-order valence-electron chi connectivity index (χ0n) is 16.4. The van der Waals surface area contributed by atoms with E-state index in [0.29, 0.717) is 0 Å².